The van der Waals surface area contributed by atoms with Crippen LogP contribution in [0, 0.1) is 0 Å². The second-order valence-electron chi connectivity index (χ2n) is 7.10. The van der Waals surface area contributed by atoms with Gasteiger partial charge in [0.2, 0.25) is 0 Å². The summed E-state index contributed by atoms with van der Waals surface area (Å²) >= 11 is 0. The van der Waals surface area contributed by atoms with Crippen LogP contribution in [0.4, 0.5) is 11.6 Å². The molecule has 0 unspecified atom stereocenters. The standard InChI is InChI=1S/C18H27N7O2/c1-3-25-17(21-22(2)18(25)26)14-4-6-23(7-5-14)15-12-16(20-13-19-15)24-8-10-27-11-9-24/h12-14H,3-11H2,1-2H3. The Balaban J connectivity index is 1.45. The van der Waals surface area contributed by atoms with Crippen molar-refractivity contribution in [2.75, 3.05) is 49.2 Å². The van der Waals surface area contributed by atoms with Gasteiger partial charge in [-0.05, 0) is 19.8 Å². The van der Waals surface area contributed by atoms with Crippen molar-refractivity contribution in [3.63, 3.8) is 0 Å². The quantitative estimate of drug-likeness (QED) is 0.777. The van der Waals surface area contributed by atoms with Gasteiger partial charge < -0.3 is 14.5 Å². The predicted molar refractivity (Wildman–Crippen MR) is 102 cm³/mol. The summed E-state index contributed by atoms with van der Waals surface area (Å²) in [5.41, 5.74) is -0.0270. The van der Waals surface area contributed by atoms with Crippen molar-refractivity contribution in [3.8, 4) is 0 Å². The van der Waals surface area contributed by atoms with Gasteiger partial charge in [0.1, 0.15) is 23.8 Å². The molecule has 2 aliphatic rings. The summed E-state index contributed by atoms with van der Waals surface area (Å²) in [4.78, 5) is 25.6. The van der Waals surface area contributed by atoms with Crippen LogP contribution in [0.3, 0.4) is 0 Å². The van der Waals surface area contributed by atoms with Crippen LogP contribution < -0.4 is 15.5 Å². The van der Waals surface area contributed by atoms with E-state index in [1.165, 1.54) is 4.68 Å². The Kier molecular flexibility index (Phi) is 5.11. The Morgan fingerprint density at radius 1 is 1.07 bits per heavy atom. The maximum atomic E-state index is 12.2. The van der Waals surface area contributed by atoms with E-state index in [9.17, 15) is 4.79 Å². The number of hydrogen-bond acceptors (Lipinski definition) is 7. The number of morpholine rings is 1. The third-order valence-corrected chi connectivity index (χ3v) is 5.51. The Morgan fingerprint density at radius 2 is 1.70 bits per heavy atom. The van der Waals surface area contributed by atoms with E-state index in [0.29, 0.717) is 12.5 Å². The summed E-state index contributed by atoms with van der Waals surface area (Å²) in [7, 11) is 1.72. The van der Waals surface area contributed by atoms with Crippen LogP contribution in [0.15, 0.2) is 17.2 Å². The SMILES string of the molecule is CCn1c(C2CCN(c3cc(N4CCOCC4)ncn3)CC2)nn(C)c1=O. The van der Waals surface area contributed by atoms with E-state index in [0.717, 1.165) is 69.7 Å². The van der Waals surface area contributed by atoms with E-state index >= 15 is 0 Å². The Labute approximate surface area is 158 Å². The van der Waals surface area contributed by atoms with Crippen LogP contribution in [-0.4, -0.2) is 63.7 Å². The van der Waals surface area contributed by atoms with E-state index in [4.69, 9.17) is 4.74 Å². The van der Waals surface area contributed by atoms with Gasteiger partial charge in [0, 0.05) is 51.8 Å². The molecule has 2 saturated heterocycles. The second-order valence-corrected chi connectivity index (χ2v) is 7.10. The Hall–Kier alpha value is -2.42. The van der Waals surface area contributed by atoms with Crippen LogP contribution in [0.5, 0.6) is 0 Å². The van der Waals surface area contributed by atoms with E-state index in [2.05, 4.69) is 30.9 Å². The van der Waals surface area contributed by atoms with Gasteiger partial charge in [-0.3, -0.25) is 4.57 Å². The molecule has 2 aliphatic heterocycles. The molecule has 0 aromatic carbocycles. The summed E-state index contributed by atoms with van der Waals surface area (Å²) in [5.74, 6) is 3.17. The van der Waals surface area contributed by atoms with Crippen molar-refractivity contribution in [3.05, 3.63) is 28.7 Å². The molecule has 0 radical (unpaired) electrons. The minimum Gasteiger partial charge on any atom is -0.378 e. The summed E-state index contributed by atoms with van der Waals surface area (Å²) < 4.78 is 8.67. The first-order valence-electron chi connectivity index (χ1n) is 9.70. The number of piperidine rings is 1. The van der Waals surface area contributed by atoms with Crippen LogP contribution >= 0.6 is 0 Å². The molecule has 0 aliphatic carbocycles. The van der Waals surface area contributed by atoms with Crippen molar-refractivity contribution in [1.82, 2.24) is 24.3 Å². The maximum absolute atomic E-state index is 12.2. The van der Waals surface area contributed by atoms with E-state index < -0.39 is 0 Å². The van der Waals surface area contributed by atoms with Gasteiger partial charge in [-0.15, -0.1) is 0 Å². The lowest BCUT2D eigenvalue weighted by molar-refractivity contribution is 0.122. The zero-order valence-electron chi connectivity index (χ0n) is 16.0. The first-order valence-corrected chi connectivity index (χ1v) is 9.70. The molecular formula is C18H27N7O2. The van der Waals surface area contributed by atoms with Crippen LogP contribution in [0.25, 0.3) is 0 Å². The smallest absolute Gasteiger partial charge is 0.345 e. The molecule has 4 heterocycles. The van der Waals surface area contributed by atoms with Gasteiger partial charge in [-0.1, -0.05) is 0 Å². The third kappa shape index (κ3) is 3.55. The zero-order valence-corrected chi connectivity index (χ0v) is 16.0. The largest absolute Gasteiger partial charge is 0.378 e. The highest BCUT2D eigenvalue weighted by molar-refractivity contribution is 5.50. The molecule has 4 rings (SSSR count). The predicted octanol–water partition coefficient (Wildman–Crippen LogP) is 0.612. The number of aryl methyl sites for hydroxylation is 1. The fourth-order valence-electron chi connectivity index (χ4n) is 3.96. The number of anilines is 2. The molecule has 0 amide bonds. The van der Waals surface area contributed by atoms with Crippen LogP contribution in [0.1, 0.15) is 31.5 Å². The summed E-state index contributed by atoms with van der Waals surface area (Å²) in [6.07, 6.45) is 3.58. The van der Waals surface area contributed by atoms with Gasteiger partial charge in [0.25, 0.3) is 0 Å². The van der Waals surface area contributed by atoms with Crippen molar-refractivity contribution < 1.29 is 4.74 Å². The van der Waals surface area contributed by atoms with Gasteiger partial charge >= 0.3 is 5.69 Å². The van der Waals surface area contributed by atoms with Crippen molar-refractivity contribution in [2.45, 2.75) is 32.2 Å². The van der Waals surface area contributed by atoms with Crippen molar-refractivity contribution in [2.24, 2.45) is 7.05 Å². The Bertz CT molecular complexity index is 832. The van der Waals surface area contributed by atoms with Gasteiger partial charge in [0.15, 0.2) is 0 Å². The molecule has 0 N–H and O–H groups in total. The molecule has 2 aromatic rings. The molecule has 2 aromatic heterocycles. The topological polar surface area (TPSA) is 81.3 Å². The van der Waals surface area contributed by atoms with Crippen LogP contribution in [0.2, 0.25) is 0 Å². The van der Waals surface area contributed by atoms with E-state index in [-0.39, 0.29) is 5.69 Å². The highest BCUT2D eigenvalue weighted by atomic mass is 16.5. The molecule has 146 valence electrons. The van der Waals surface area contributed by atoms with Gasteiger partial charge in [-0.2, -0.15) is 5.10 Å². The van der Waals surface area contributed by atoms with Crippen LogP contribution in [-0.2, 0) is 18.3 Å². The van der Waals surface area contributed by atoms with Gasteiger partial charge in [0.05, 0.1) is 13.2 Å². The average Bonchev–Trinajstić information content (AvgIpc) is 3.03. The fraction of sp³-hybridized carbons (Fsp3) is 0.667. The number of rotatable bonds is 4. The number of ether oxygens (including phenoxy) is 1. The lowest BCUT2D eigenvalue weighted by atomic mass is 9.96. The molecule has 0 spiro atoms. The normalized spacial score (nSPS) is 18.9. The first-order chi connectivity index (χ1) is 13.2. The minimum absolute atomic E-state index is 0.0270. The fourth-order valence-corrected chi connectivity index (χ4v) is 3.96. The minimum atomic E-state index is -0.0270. The second kappa shape index (κ2) is 7.67. The van der Waals surface area contributed by atoms with E-state index in [1.54, 1.807) is 17.9 Å². The molecule has 27 heavy (non-hydrogen) atoms. The molecule has 2 fully saturated rings. The third-order valence-electron chi connectivity index (χ3n) is 5.51. The highest BCUT2D eigenvalue weighted by Crippen LogP contribution is 2.29. The summed E-state index contributed by atoms with van der Waals surface area (Å²) in [6, 6.07) is 2.08. The molecular weight excluding hydrogens is 346 g/mol. The Morgan fingerprint density at radius 3 is 2.33 bits per heavy atom. The molecule has 9 heteroatoms. The number of hydrogen-bond donors (Lipinski definition) is 0. The molecule has 0 atom stereocenters. The first kappa shape index (κ1) is 18.0. The number of aromatic nitrogens is 5. The maximum Gasteiger partial charge on any atom is 0.345 e. The van der Waals surface area contributed by atoms with Gasteiger partial charge in [-0.25, -0.2) is 19.4 Å². The summed E-state index contributed by atoms with van der Waals surface area (Å²) in [5, 5.41) is 4.48. The molecule has 9 nitrogen and oxygen atoms in total. The summed E-state index contributed by atoms with van der Waals surface area (Å²) in [6.45, 7) is 7.69. The van der Waals surface area contributed by atoms with Crippen molar-refractivity contribution >= 4 is 11.6 Å². The molecule has 0 bridgehead atoms. The average molecular weight is 373 g/mol. The monoisotopic (exact) mass is 373 g/mol. The molecule has 0 saturated carbocycles. The lowest BCUT2D eigenvalue weighted by Crippen LogP contribution is -2.37. The highest BCUT2D eigenvalue weighted by Gasteiger charge is 2.27. The lowest BCUT2D eigenvalue weighted by Gasteiger charge is -2.33. The van der Waals surface area contributed by atoms with Crippen molar-refractivity contribution in [1.29, 1.82) is 0 Å². The zero-order chi connectivity index (χ0) is 18.8. The number of nitrogens with zero attached hydrogens (tertiary/aromatic N) is 7. The van der Waals surface area contributed by atoms with E-state index in [1.807, 2.05) is 6.92 Å².